The molecule has 9 aliphatic rings. The van der Waals surface area contributed by atoms with Gasteiger partial charge in [-0.15, -0.1) is 11.8 Å². The average molecular weight is 740 g/mol. The molecule has 2 aliphatic carbocycles. The van der Waals surface area contributed by atoms with Gasteiger partial charge < -0.3 is 15.1 Å². The van der Waals surface area contributed by atoms with Crippen LogP contribution in [-0.2, 0) is 19.2 Å². The van der Waals surface area contributed by atoms with E-state index in [0.717, 1.165) is 57.5 Å². The van der Waals surface area contributed by atoms with Gasteiger partial charge in [-0.05, 0) is 108 Å². The molecule has 14 heteroatoms. The van der Waals surface area contributed by atoms with E-state index in [9.17, 15) is 19.2 Å². The predicted octanol–water partition coefficient (Wildman–Crippen LogP) is 0.319. The Labute approximate surface area is 313 Å². The molecule has 9 atom stereocenters. The lowest BCUT2D eigenvalue weighted by Gasteiger charge is -2.46. The van der Waals surface area contributed by atoms with Gasteiger partial charge in [-0.1, -0.05) is 0 Å². The number of rotatable bonds is 8. The van der Waals surface area contributed by atoms with E-state index < -0.39 is 11.9 Å². The Bertz CT molecular complexity index is 1350. The minimum absolute atomic E-state index is 0.172. The number of imide groups is 2. The molecule has 9 fully saturated rings. The normalized spacial score (nSPS) is 42.9. The molecule has 0 bridgehead atoms. The second kappa shape index (κ2) is 15.5. The molecule has 0 spiro atoms. The molecule has 0 radical (unpaired) electrons. The summed E-state index contributed by atoms with van der Waals surface area (Å²) in [7, 11) is 0. The molecule has 7 aliphatic heterocycles. The summed E-state index contributed by atoms with van der Waals surface area (Å²) in [6, 6.07) is 0.602. The van der Waals surface area contributed by atoms with E-state index >= 15 is 0 Å². The van der Waals surface area contributed by atoms with Crippen LogP contribution in [0, 0.1) is 29.6 Å². The van der Waals surface area contributed by atoms with Crippen LogP contribution in [0.5, 0.6) is 0 Å². The zero-order chi connectivity index (χ0) is 35.3. The second-order valence-electron chi connectivity index (χ2n) is 17.6. The molecule has 9 rings (SSSR count). The molecule has 4 amide bonds. The van der Waals surface area contributed by atoms with Crippen LogP contribution in [0.4, 0.5) is 0 Å². The monoisotopic (exact) mass is 739 g/mol. The minimum Gasteiger partial charge on any atom is -0.303 e. The molecule has 0 aromatic rings. The van der Waals surface area contributed by atoms with Gasteiger partial charge in [0.1, 0.15) is 6.04 Å². The van der Waals surface area contributed by atoms with E-state index in [-0.39, 0.29) is 42.4 Å². The molecular weight excluding hydrogens is 679 g/mol. The van der Waals surface area contributed by atoms with Crippen LogP contribution in [0.1, 0.15) is 77.0 Å². The third-order valence-electron chi connectivity index (χ3n) is 14.7. The van der Waals surface area contributed by atoms with E-state index in [0.29, 0.717) is 54.6 Å². The number of carbonyl (C=O) groups excluding carboxylic acids is 4. The largest absolute Gasteiger partial charge is 0.303 e. The number of likely N-dealkylation sites (tertiary alicyclic amines) is 3. The summed E-state index contributed by atoms with van der Waals surface area (Å²) in [5.41, 5.74) is 0. The molecule has 7 saturated heterocycles. The number of thioether (sulfide) groups is 1. The highest BCUT2D eigenvalue weighted by atomic mass is 32.2. The van der Waals surface area contributed by atoms with Crippen LogP contribution >= 0.6 is 11.8 Å². The lowest BCUT2D eigenvalue weighted by Crippen LogP contribution is -2.71. The fourth-order valence-electron chi connectivity index (χ4n) is 11.9. The number of fused-ring (bicyclic) bond motifs is 2. The van der Waals surface area contributed by atoms with E-state index in [2.05, 4.69) is 53.0 Å². The molecule has 52 heavy (non-hydrogen) atoms. The minimum atomic E-state index is -0.833. The van der Waals surface area contributed by atoms with E-state index in [1.165, 1.54) is 75.2 Å². The maximum Gasteiger partial charge on any atom is 0.249 e. The first kappa shape index (κ1) is 36.0. The molecule has 13 nitrogen and oxygen atoms in total. The van der Waals surface area contributed by atoms with Crippen molar-refractivity contribution in [3.8, 4) is 0 Å². The zero-order valence-corrected chi connectivity index (χ0v) is 31.6. The number of hydrogen-bond acceptors (Lipinski definition) is 12. The Morgan fingerprint density at radius 3 is 2.35 bits per heavy atom. The SMILES string of the molecule is O=C1CC[C@H](N2C(=O)C3CCC(N4CC[C@H](CN5CCC(C6CCC(NC7NC(C8NCCS8)CN8CCNC78)CC6)CC5)C4)CC3C2=O)C(=O)N1. The van der Waals surface area contributed by atoms with Crippen LogP contribution in [0.3, 0.4) is 0 Å². The van der Waals surface area contributed by atoms with Crippen molar-refractivity contribution < 1.29 is 19.2 Å². The number of piperazine rings is 1. The zero-order valence-electron chi connectivity index (χ0n) is 30.8. The number of amides is 4. The quantitative estimate of drug-likeness (QED) is 0.219. The van der Waals surface area contributed by atoms with Crippen molar-refractivity contribution in [2.24, 2.45) is 29.6 Å². The number of nitrogens with one attached hydrogen (secondary N) is 5. The van der Waals surface area contributed by atoms with Crippen molar-refractivity contribution in [3.05, 3.63) is 0 Å². The van der Waals surface area contributed by atoms with Crippen LogP contribution in [0.15, 0.2) is 0 Å². The highest BCUT2D eigenvalue weighted by Crippen LogP contribution is 2.43. The van der Waals surface area contributed by atoms with Gasteiger partial charge in [0, 0.05) is 69.6 Å². The summed E-state index contributed by atoms with van der Waals surface area (Å²) in [6.07, 6.45) is 12.7. The summed E-state index contributed by atoms with van der Waals surface area (Å²) in [4.78, 5) is 60.1. The highest BCUT2D eigenvalue weighted by molar-refractivity contribution is 8.00. The van der Waals surface area contributed by atoms with Crippen LogP contribution in [0.25, 0.3) is 0 Å². The molecule has 2 saturated carbocycles. The fraction of sp³-hybridized carbons (Fsp3) is 0.895. The fourth-order valence-corrected chi connectivity index (χ4v) is 13.0. The lowest BCUT2D eigenvalue weighted by molar-refractivity contribution is -0.151. The maximum absolute atomic E-state index is 13.5. The van der Waals surface area contributed by atoms with Gasteiger partial charge in [-0.2, -0.15) is 0 Å². The third-order valence-corrected chi connectivity index (χ3v) is 16.0. The van der Waals surface area contributed by atoms with Gasteiger partial charge >= 0.3 is 0 Å². The number of piperidine rings is 2. The first-order chi connectivity index (χ1) is 25.4. The Balaban J connectivity index is 0.699. The van der Waals surface area contributed by atoms with E-state index in [1.54, 1.807) is 0 Å². The van der Waals surface area contributed by atoms with Crippen molar-refractivity contribution in [2.45, 2.75) is 119 Å². The Hall–Kier alpha value is -1.65. The van der Waals surface area contributed by atoms with E-state index in [1.807, 2.05) is 0 Å². The number of carbonyl (C=O) groups is 4. The lowest BCUT2D eigenvalue weighted by atomic mass is 9.74. The second-order valence-corrected chi connectivity index (χ2v) is 18.9. The topological polar surface area (TPSA) is 141 Å². The van der Waals surface area contributed by atoms with Crippen LogP contribution < -0.4 is 26.6 Å². The molecule has 5 N–H and O–H groups in total. The van der Waals surface area contributed by atoms with Crippen molar-refractivity contribution in [1.82, 2.24) is 46.2 Å². The summed E-state index contributed by atoms with van der Waals surface area (Å²) in [5.74, 6) is 1.77. The van der Waals surface area contributed by atoms with Crippen LogP contribution in [-0.4, -0.2) is 150 Å². The van der Waals surface area contributed by atoms with E-state index in [4.69, 9.17) is 0 Å². The smallest absolute Gasteiger partial charge is 0.249 e. The molecule has 0 aromatic carbocycles. The first-order valence-electron chi connectivity index (χ1n) is 20.9. The van der Waals surface area contributed by atoms with Crippen LogP contribution in [0.2, 0.25) is 0 Å². The van der Waals surface area contributed by atoms with Gasteiger partial charge in [0.05, 0.1) is 29.5 Å². The van der Waals surface area contributed by atoms with Gasteiger partial charge in [0.15, 0.2) is 0 Å². The maximum atomic E-state index is 13.5. The first-order valence-corrected chi connectivity index (χ1v) is 21.9. The Morgan fingerprint density at radius 2 is 1.56 bits per heavy atom. The van der Waals surface area contributed by atoms with Gasteiger partial charge in [0.2, 0.25) is 23.6 Å². The summed E-state index contributed by atoms with van der Waals surface area (Å²) in [6.45, 7) is 10.3. The van der Waals surface area contributed by atoms with Gasteiger partial charge in [-0.3, -0.25) is 50.2 Å². The van der Waals surface area contributed by atoms with Crippen molar-refractivity contribution in [2.75, 3.05) is 64.7 Å². The summed E-state index contributed by atoms with van der Waals surface area (Å²) < 4.78 is 0. The summed E-state index contributed by atoms with van der Waals surface area (Å²) in [5, 5.41) is 18.4. The predicted molar refractivity (Wildman–Crippen MR) is 199 cm³/mol. The number of hydrogen-bond donors (Lipinski definition) is 5. The Kier molecular flexibility index (Phi) is 10.7. The van der Waals surface area contributed by atoms with Gasteiger partial charge in [-0.25, -0.2) is 0 Å². The summed E-state index contributed by atoms with van der Waals surface area (Å²) >= 11 is 2.08. The average Bonchev–Trinajstić information content (AvgIpc) is 3.98. The van der Waals surface area contributed by atoms with Crippen molar-refractivity contribution >= 4 is 35.4 Å². The standard InChI is InChI=1S/C38H61N9O4S/c48-32-8-7-31(35(49)43-32)47-37(50)28-6-5-27(19-29(28)38(47)51)45-16-9-23(21-45)20-44-14-10-25(11-15-44)24-1-3-26(4-2-24)41-33-34-39-12-17-46(34)22-30(42-33)36-40-13-18-52-36/h23-31,33-34,36,39-42H,1-22H2,(H,43,48,49)/t23-,24?,26?,27?,28?,29?,30?,31+,33?,34?,36?/m1/s1. The number of nitrogens with zero attached hydrogens (tertiary/aromatic N) is 4. The van der Waals surface area contributed by atoms with Crippen molar-refractivity contribution in [3.63, 3.8) is 0 Å². The van der Waals surface area contributed by atoms with Crippen molar-refractivity contribution in [1.29, 1.82) is 0 Å². The molecule has 7 unspecified atom stereocenters. The Morgan fingerprint density at radius 1 is 0.750 bits per heavy atom. The molecular formula is C38H61N9O4S. The highest BCUT2D eigenvalue weighted by Gasteiger charge is 2.55. The van der Waals surface area contributed by atoms with Gasteiger partial charge in [0.25, 0.3) is 0 Å². The molecule has 0 aromatic heterocycles. The molecule has 7 heterocycles. The third kappa shape index (κ3) is 7.24. The molecule has 288 valence electrons.